The zero-order valence-electron chi connectivity index (χ0n) is 15.8. The van der Waals surface area contributed by atoms with E-state index in [0.29, 0.717) is 31.8 Å². The molecular weight excluding hydrogens is 356 g/mol. The van der Waals surface area contributed by atoms with Crippen molar-refractivity contribution in [2.24, 2.45) is 5.10 Å². The molecule has 0 radical (unpaired) electrons. The van der Waals surface area contributed by atoms with E-state index in [4.69, 9.17) is 4.74 Å². The molecule has 3 rings (SSSR count). The van der Waals surface area contributed by atoms with Gasteiger partial charge in [0.05, 0.1) is 18.3 Å². The zero-order chi connectivity index (χ0) is 19.8. The van der Waals surface area contributed by atoms with Gasteiger partial charge in [-0.1, -0.05) is 48.5 Å². The number of hydrazone groups is 1. The van der Waals surface area contributed by atoms with Crippen LogP contribution in [0.2, 0.25) is 0 Å². The number of nitrogens with one attached hydrogen (secondary N) is 2. The van der Waals surface area contributed by atoms with E-state index in [1.54, 1.807) is 6.92 Å². The van der Waals surface area contributed by atoms with Crippen LogP contribution in [0.15, 0.2) is 65.8 Å². The third-order valence-electron chi connectivity index (χ3n) is 4.33. The average molecular weight is 380 g/mol. The van der Waals surface area contributed by atoms with Crippen LogP contribution in [-0.4, -0.2) is 37.4 Å². The van der Waals surface area contributed by atoms with Gasteiger partial charge in [-0.2, -0.15) is 5.10 Å². The maximum absolute atomic E-state index is 12.6. The minimum absolute atomic E-state index is 0.0398. The second-order valence-electron chi connectivity index (χ2n) is 6.26. The van der Waals surface area contributed by atoms with Crippen molar-refractivity contribution in [2.45, 2.75) is 19.4 Å². The number of carbonyl (C=O) groups excluding carboxylic acids is 2. The fourth-order valence-electron chi connectivity index (χ4n) is 3.03. The monoisotopic (exact) mass is 380 g/mol. The van der Waals surface area contributed by atoms with Crippen LogP contribution < -0.4 is 15.6 Å². The molecule has 2 aromatic rings. The molecule has 0 aliphatic carbocycles. The number of hydrogen-bond acceptors (Lipinski definition) is 5. The number of amides is 2. The van der Waals surface area contributed by atoms with Crippen LogP contribution in [0.5, 0.6) is 0 Å². The quantitative estimate of drug-likeness (QED) is 0.724. The summed E-state index contributed by atoms with van der Waals surface area (Å²) in [5.41, 5.74) is 2.50. The van der Waals surface area contributed by atoms with Crippen LogP contribution in [0, 0.1) is 0 Å². The summed E-state index contributed by atoms with van der Waals surface area (Å²) < 4.78 is 4.78. The Morgan fingerprint density at radius 1 is 1.04 bits per heavy atom. The van der Waals surface area contributed by atoms with Crippen molar-refractivity contribution in [1.29, 1.82) is 0 Å². The number of rotatable bonds is 7. The van der Waals surface area contributed by atoms with Gasteiger partial charge in [-0.05, 0) is 24.6 Å². The lowest BCUT2D eigenvalue weighted by atomic mass is 10.0. The third-order valence-corrected chi connectivity index (χ3v) is 4.33. The van der Waals surface area contributed by atoms with Crippen LogP contribution in [0.4, 0.5) is 10.5 Å². The highest BCUT2D eigenvalue weighted by Gasteiger charge is 2.32. The number of carbonyl (C=O) groups is 2. The number of alkyl carbamates (subject to hydrolysis) is 1. The first-order chi connectivity index (χ1) is 13.7. The Bertz CT molecular complexity index is 824. The number of benzene rings is 2. The summed E-state index contributed by atoms with van der Waals surface area (Å²) in [5.74, 6) is -0.231. The summed E-state index contributed by atoms with van der Waals surface area (Å²) in [4.78, 5) is 23.8. The summed E-state index contributed by atoms with van der Waals surface area (Å²) in [5, 5.41) is 11.8. The van der Waals surface area contributed by atoms with Crippen molar-refractivity contribution in [2.75, 3.05) is 24.7 Å². The SMILES string of the molecule is CCOC(=O)NCCNC(=O)C1=NN(c2ccccc2)C(c2ccccc2)C1. The smallest absolute Gasteiger partial charge is 0.407 e. The average Bonchev–Trinajstić information content (AvgIpc) is 3.18. The van der Waals surface area contributed by atoms with E-state index in [2.05, 4.69) is 15.7 Å². The molecule has 1 aliphatic heterocycles. The topological polar surface area (TPSA) is 83.0 Å². The molecule has 7 heteroatoms. The zero-order valence-corrected chi connectivity index (χ0v) is 15.8. The van der Waals surface area contributed by atoms with Gasteiger partial charge in [-0.15, -0.1) is 0 Å². The van der Waals surface area contributed by atoms with E-state index in [9.17, 15) is 9.59 Å². The van der Waals surface area contributed by atoms with Gasteiger partial charge in [-0.3, -0.25) is 9.80 Å². The molecule has 146 valence electrons. The molecular formula is C21H24N4O3. The van der Waals surface area contributed by atoms with E-state index in [0.717, 1.165) is 11.3 Å². The Morgan fingerprint density at radius 2 is 1.68 bits per heavy atom. The molecule has 2 amide bonds. The minimum Gasteiger partial charge on any atom is -0.450 e. The molecule has 0 saturated heterocycles. The lowest BCUT2D eigenvalue weighted by Gasteiger charge is -2.23. The highest BCUT2D eigenvalue weighted by atomic mass is 16.5. The molecule has 1 heterocycles. The molecule has 28 heavy (non-hydrogen) atoms. The van der Waals surface area contributed by atoms with Crippen LogP contribution in [0.1, 0.15) is 24.9 Å². The number of para-hydroxylation sites is 1. The summed E-state index contributed by atoms with van der Waals surface area (Å²) in [6.07, 6.45) is 0.0186. The van der Waals surface area contributed by atoms with E-state index in [-0.39, 0.29) is 11.9 Å². The van der Waals surface area contributed by atoms with Crippen LogP contribution in [0.25, 0.3) is 0 Å². The Balaban J connectivity index is 1.66. The van der Waals surface area contributed by atoms with E-state index < -0.39 is 6.09 Å². The van der Waals surface area contributed by atoms with Crippen molar-refractivity contribution in [3.63, 3.8) is 0 Å². The first-order valence-electron chi connectivity index (χ1n) is 9.34. The highest BCUT2D eigenvalue weighted by molar-refractivity contribution is 6.39. The van der Waals surface area contributed by atoms with Gasteiger partial charge in [0.25, 0.3) is 5.91 Å². The first kappa shape index (κ1) is 19.4. The van der Waals surface area contributed by atoms with Crippen LogP contribution in [0.3, 0.4) is 0 Å². The van der Waals surface area contributed by atoms with Gasteiger partial charge in [0.1, 0.15) is 5.71 Å². The molecule has 0 spiro atoms. The predicted molar refractivity (Wildman–Crippen MR) is 108 cm³/mol. The van der Waals surface area contributed by atoms with Gasteiger partial charge in [0.15, 0.2) is 0 Å². The summed E-state index contributed by atoms with van der Waals surface area (Å²) in [6, 6.07) is 19.8. The number of hydrogen-bond donors (Lipinski definition) is 2. The minimum atomic E-state index is -0.491. The van der Waals surface area contributed by atoms with Crippen molar-refractivity contribution in [3.8, 4) is 0 Å². The van der Waals surface area contributed by atoms with Crippen molar-refractivity contribution < 1.29 is 14.3 Å². The number of ether oxygens (including phenoxy) is 1. The number of anilines is 1. The Labute approximate surface area is 164 Å². The lowest BCUT2D eigenvalue weighted by molar-refractivity contribution is -0.114. The largest absolute Gasteiger partial charge is 0.450 e. The van der Waals surface area contributed by atoms with Crippen molar-refractivity contribution in [1.82, 2.24) is 10.6 Å². The maximum Gasteiger partial charge on any atom is 0.407 e. The first-order valence-corrected chi connectivity index (χ1v) is 9.34. The van der Waals surface area contributed by atoms with Gasteiger partial charge in [0, 0.05) is 19.5 Å². The van der Waals surface area contributed by atoms with Gasteiger partial charge >= 0.3 is 6.09 Å². The third kappa shape index (κ3) is 4.88. The normalized spacial score (nSPS) is 15.7. The van der Waals surface area contributed by atoms with Gasteiger partial charge in [0.2, 0.25) is 0 Å². The van der Waals surface area contributed by atoms with Crippen molar-refractivity contribution >= 4 is 23.4 Å². The van der Waals surface area contributed by atoms with Crippen molar-refractivity contribution in [3.05, 3.63) is 66.2 Å². The summed E-state index contributed by atoms with van der Waals surface area (Å²) in [6.45, 7) is 2.65. The summed E-state index contributed by atoms with van der Waals surface area (Å²) in [7, 11) is 0. The number of nitrogens with zero attached hydrogens (tertiary/aromatic N) is 2. The van der Waals surface area contributed by atoms with E-state index >= 15 is 0 Å². The Hall–Kier alpha value is -3.35. The summed E-state index contributed by atoms with van der Waals surface area (Å²) >= 11 is 0. The fraction of sp³-hybridized carbons (Fsp3) is 0.286. The molecule has 7 nitrogen and oxygen atoms in total. The Morgan fingerprint density at radius 3 is 2.36 bits per heavy atom. The molecule has 1 atom stereocenters. The maximum atomic E-state index is 12.6. The van der Waals surface area contributed by atoms with E-state index in [1.807, 2.05) is 65.7 Å². The highest BCUT2D eigenvalue weighted by Crippen LogP contribution is 2.34. The standard InChI is InChI=1S/C21H24N4O3/c1-2-28-21(27)23-14-13-22-20(26)18-15-19(16-9-5-3-6-10-16)25(24-18)17-11-7-4-8-12-17/h3-12,19H,2,13-15H2,1H3,(H,22,26)(H,23,27). The van der Waals surface area contributed by atoms with Gasteiger partial charge < -0.3 is 15.4 Å². The molecule has 2 N–H and O–H groups in total. The van der Waals surface area contributed by atoms with E-state index in [1.165, 1.54) is 0 Å². The van der Waals surface area contributed by atoms with Crippen LogP contribution >= 0.6 is 0 Å². The molecule has 0 aromatic heterocycles. The molecule has 0 saturated carbocycles. The Kier molecular flexibility index (Phi) is 6.62. The molecule has 2 aromatic carbocycles. The molecule has 0 bridgehead atoms. The second kappa shape index (κ2) is 9.55. The van der Waals surface area contributed by atoms with Gasteiger partial charge in [-0.25, -0.2) is 4.79 Å². The second-order valence-corrected chi connectivity index (χ2v) is 6.26. The fourth-order valence-corrected chi connectivity index (χ4v) is 3.03. The predicted octanol–water partition coefficient (Wildman–Crippen LogP) is 2.86. The lowest BCUT2D eigenvalue weighted by Crippen LogP contribution is -2.37. The molecule has 1 unspecified atom stereocenters. The van der Waals surface area contributed by atoms with Crippen LogP contribution in [-0.2, 0) is 9.53 Å². The molecule has 1 aliphatic rings. The molecule has 0 fully saturated rings.